The zero-order chi connectivity index (χ0) is 33.3. The number of ether oxygens (including phenoxy) is 6. The van der Waals surface area contributed by atoms with E-state index in [9.17, 15) is 14.4 Å². The van der Waals surface area contributed by atoms with Gasteiger partial charge in [-0.2, -0.15) is 0 Å². The fraction of sp³-hybridized carbons (Fsp3) is 0.417. The molecule has 250 valence electrons. The maximum Gasteiger partial charge on any atom is 0.341 e. The van der Waals surface area contributed by atoms with Gasteiger partial charge in [0.15, 0.2) is 29.6 Å². The summed E-state index contributed by atoms with van der Waals surface area (Å²) < 4.78 is 33.5. The van der Waals surface area contributed by atoms with Crippen LogP contribution in [0.15, 0.2) is 60.7 Å². The van der Waals surface area contributed by atoms with Crippen LogP contribution < -0.4 is 23.7 Å². The van der Waals surface area contributed by atoms with Crippen molar-refractivity contribution in [2.75, 3.05) is 34.2 Å². The average molecular weight is 648 g/mol. The lowest BCUT2D eigenvalue weighted by Gasteiger charge is -2.37. The molecule has 1 saturated heterocycles. The molecule has 0 spiro atoms. The second-order valence-corrected chi connectivity index (χ2v) is 11.5. The molecule has 11 heteroatoms. The first-order chi connectivity index (χ1) is 22.8. The summed E-state index contributed by atoms with van der Waals surface area (Å²) in [5, 5.41) is 9.09. The molecular weight excluding hydrogens is 606 g/mol. The number of carbonyl (C=O) groups is 3. The van der Waals surface area contributed by atoms with E-state index in [1.54, 1.807) is 37.3 Å². The second-order valence-electron chi connectivity index (χ2n) is 11.5. The van der Waals surface area contributed by atoms with E-state index in [0.717, 1.165) is 24.0 Å². The second kappa shape index (κ2) is 15.6. The molecule has 0 radical (unpaired) electrons. The van der Waals surface area contributed by atoms with E-state index in [1.807, 2.05) is 49.4 Å². The number of carboxylic acid groups (broad SMARTS) is 1. The number of likely N-dealkylation sites (tertiary alicyclic amines) is 1. The molecule has 0 saturated carbocycles. The third-order valence-corrected chi connectivity index (χ3v) is 8.56. The van der Waals surface area contributed by atoms with Gasteiger partial charge in [0.1, 0.15) is 17.9 Å². The molecule has 0 bridgehead atoms. The van der Waals surface area contributed by atoms with Crippen LogP contribution in [-0.4, -0.2) is 68.1 Å². The average Bonchev–Trinajstić information content (AvgIpc) is 3.57. The summed E-state index contributed by atoms with van der Waals surface area (Å²) in [5.74, 6) is 0.638. The molecule has 0 unspecified atom stereocenters. The summed E-state index contributed by atoms with van der Waals surface area (Å²) in [6.07, 6.45) is 2.88. The van der Waals surface area contributed by atoms with Gasteiger partial charge in [-0.25, -0.2) is 9.59 Å². The Morgan fingerprint density at radius 2 is 1.74 bits per heavy atom. The molecule has 1 fully saturated rings. The Balaban J connectivity index is 1.37. The minimum atomic E-state index is -1.10. The standard InChI is InChI=1S/C36H41NO10/c1-4-27(24-13-16-31-33(20-24)46-22-45-31)35(40)37-17-6-5-10-28(37)36(41)47-29(25-8-7-9-26(19-25)44-21-34(38)39)14-11-23-12-15-30(42-2)32(18-23)43-3/h7-9,12-13,15-16,18-20,27-29H,4-6,10-11,14,17,21-22H2,1-3H3,(H,38,39)/t27-,28-,29+/m0/s1. The molecule has 47 heavy (non-hydrogen) atoms. The van der Waals surface area contributed by atoms with Crippen LogP contribution in [0.1, 0.15) is 67.7 Å². The lowest BCUT2D eigenvalue weighted by atomic mass is 9.92. The number of piperidine rings is 1. The summed E-state index contributed by atoms with van der Waals surface area (Å²) >= 11 is 0. The van der Waals surface area contributed by atoms with Gasteiger partial charge in [-0.3, -0.25) is 4.79 Å². The van der Waals surface area contributed by atoms with E-state index in [1.165, 1.54) is 0 Å². The van der Waals surface area contributed by atoms with Crippen LogP contribution in [0.3, 0.4) is 0 Å². The molecule has 3 aromatic carbocycles. The number of hydrogen-bond donors (Lipinski definition) is 1. The zero-order valence-corrected chi connectivity index (χ0v) is 26.9. The first kappa shape index (κ1) is 33.4. The van der Waals surface area contributed by atoms with Crippen molar-refractivity contribution in [3.63, 3.8) is 0 Å². The number of methoxy groups -OCH3 is 2. The predicted octanol–water partition coefficient (Wildman–Crippen LogP) is 5.69. The Morgan fingerprint density at radius 3 is 2.51 bits per heavy atom. The Hall–Kier alpha value is -4.93. The lowest BCUT2D eigenvalue weighted by Crippen LogP contribution is -2.50. The summed E-state index contributed by atoms with van der Waals surface area (Å²) in [6, 6.07) is 17.3. The predicted molar refractivity (Wildman–Crippen MR) is 171 cm³/mol. The Morgan fingerprint density at radius 1 is 0.936 bits per heavy atom. The van der Waals surface area contributed by atoms with E-state index < -0.39 is 36.6 Å². The van der Waals surface area contributed by atoms with Crippen molar-refractivity contribution in [2.24, 2.45) is 0 Å². The number of fused-ring (bicyclic) bond motifs is 1. The number of benzene rings is 3. The summed E-state index contributed by atoms with van der Waals surface area (Å²) in [6.45, 7) is 2.05. The van der Waals surface area contributed by atoms with Crippen molar-refractivity contribution in [1.29, 1.82) is 0 Å². The first-order valence-corrected chi connectivity index (χ1v) is 15.9. The van der Waals surface area contributed by atoms with E-state index >= 15 is 0 Å². The van der Waals surface area contributed by atoms with E-state index in [4.69, 9.17) is 33.5 Å². The van der Waals surface area contributed by atoms with Gasteiger partial charge in [0.2, 0.25) is 12.7 Å². The molecule has 3 aromatic rings. The normalized spacial score (nSPS) is 16.6. The summed E-state index contributed by atoms with van der Waals surface area (Å²) in [7, 11) is 3.14. The van der Waals surface area contributed by atoms with Crippen LogP contribution in [0.25, 0.3) is 0 Å². The van der Waals surface area contributed by atoms with Crippen LogP contribution in [0, 0.1) is 0 Å². The maximum absolute atomic E-state index is 14.1. The van der Waals surface area contributed by atoms with Crippen molar-refractivity contribution >= 4 is 17.8 Å². The van der Waals surface area contributed by atoms with Crippen molar-refractivity contribution in [2.45, 2.75) is 63.5 Å². The number of nitrogens with zero attached hydrogens (tertiary/aromatic N) is 1. The van der Waals surface area contributed by atoms with Crippen LogP contribution in [0.5, 0.6) is 28.7 Å². The molecule has 5 rings (SSSR count). The van der Waals surface area contributed by atoms with E-state index in [2.05, 4.69) is 0 Å². The molecule has 2 heterocycles. The molecule has 3 atom stereocenters. The Labute approximate surface area is 274 Å². The van der Waals surface area contributed by atoms with Crippen LogP contribution in [0.2, 0.25) is 0 Å². The molecule has 2 aliphatic rings. The van der Waals surface area contributed by atoms with E-state index in [-0.39, 0.29) is 12.7 Å². The zero-order valence-electron chi connectivity index (χ0n) is 26.9. The van der Waals surface area contributed by atoms with Gasteiger partial charge in [-0.15, -0.1) is 0 Å². The maximum atomic E-state index is 14.1. The number of carbonyl (C=O) groups excluding carboxylic acids is 2. The molecule has 1 N–H and O–H groups in total. The molecule has 1 amide bonds. The minimum absolute atomic E-state index is 0.126. The summed E-state index contributed by atoms with van der Waals surface area (Å²) in [4.78, 5) is 40.8. The van der Waals surface area contributed by atoms with Gasteiger partial charge < -0.3 is 38.4 Å². The van der Waals surface area contributed by atoms with Crippen LogP contribution >= 0.6 is 0 Å². The summed E-state index contributed by atoms with van der Waals surface area (Å²) in [5.41, 5.74) is 2.42. The third-order valence-electron chi connectivity index (χ3n) is 8.56. The number of aryl methyl sites for hydroxylation is 1. The van der Waals surface area contributed by atoms with Gasteiger partial charge in [-0.05, 0) is 91.6 Å². The number of hydrogen-bond acceptors (Lipinski definition) is 9. The fourth-order valence-corrected chi connectivity index (χ4v) is 6.12. The Kier molecular flexibility index (Phi) is 11.1. The smallest absolute Gasteiger partial charge is 0.341 e. The molecule has 2 aliphatic heterocycles. The molecule has 0 aromatic heterocycles. The van der Waals surface area contributed by atoms with Crippen molar-refractivity contribution in [1.82, 2.24) is 4.90 Å². The van der Waals surface area contributed by atoms with Gasteiger partial charge >= 0.3 is 11.9 Å². The monoisotopic (exact) mass is 647 g/mol. The SMILES string of the molecule is CC[C@H](C(=O)N1CCCC[C@H]1C(=O)O[C@H](CCc1ccc(OC)c(OC)c1)c1cccc(OCC(=O)O)c1)c1ccc2c(c1)OCO2. The number of aliphatic carboxylic acids is 1. The van der Waals surface area contributed by atoms with Gasteiger partial charge in [0.05, 0.1) is 20.1 Å². The number of amides is 1. The topological polar surface area (TPSA) is 130 Å². The fourth-order valence-electron chi connectivity index (χ4n) is 6.12. The lowest BCUT2D eigenvalue weighted by molar-refractivity contribution is -0.162. The van der Waals surface area contributed by atoms with Crippen molar-refractivity contribution < 1.29 is 47.9 Å². The number of esters is 1. The highest BCUT2D eigenvalue weighted by Crippen LogP contribution is 2.37. The van der Waals surface area contributed by atoms with Crippen LogP contribution in [0.4, 0.5) is 0 Å². The number of rotatable bonds is 14. The number of carboxylic acids is 1. The largest absolute Gasteiger partial charge is 0.493 e. The highest BCUT2D eigenvalue weighted by Gasteiger charge is 2.38. The molecule has 0 aliphatic carbocycles. The van der Waals surface area contributed by atoms with Gasteiger partial charge in [0, 0.05) is 6.54 Å². The van der Waals surface area contributed by atoms with E-state index in [0.29, 0.717) is 66.5 Å². The minimum Gasteiger partial charge on any atom is -0.493 e. The quantitative estimate of drug-likeness (QED) is 0.218. The van der Waals surface area contributed by atoms with Crippen molar-refractivity contribution in [3.05, 3.63) is 77.4 Å². The highest BCUT2D eigenvalue weighted by atomic mass is 16.7. The Bertz CT molecular complexity index is 1570. The molecule has 11 nitrogen and oxygen atoms in total. The first-order valence-electron chi connectivity index (χ1n) is 15.9. The molecular formula is C36H41NO10. The van der Waals surface area contributed by atoms with Crippen LogP contribution in [-0.2, 0) is 25.5 Å². The highest BCUT2D eigenvalue weighted by molar-refractivity contribution is 5.89. The van der Waals surface area contributed by atoms with Gasteiger partial charge in [-0.1, -0.05) is 31.2 Å². The van der Waals surface area contributed by atoms with Gasteiger partial charge in [0.25, 0.3) is 0 Å². The van der Waals surface area contributed by atoms with Crippen molar-refractivity contribution in [3.8, 4) is 28.7 Å². The third kappa shape index (κ3) is 8.08.